The standard InChI is InChI=1S/C17H18ClN3O2/c1-11(2)19-17(23)21-15-9-7-14(8-10-15)20-16(22)12-3-5-13(18)6-4-12/h3-11H,1-2H3,(H,20,22)(H2,19,21,23). The number of halogens is 1. The zero-order valence-electron chi connectivity index (χ0n) is 12.9. The van der Waals surface area contributed by atoms with Crippen LogP contribution in [-0.4, -0.2) is 18.0 Å². The number of hydrogen-bond acceptors (Lipinski definition) is 2. The van der Waals surface area contributed by atoms with Crippen LogP contribution in [0.4, 0.5) is 16.2 Å². The van der Waals surface area contributed by atoms with Gasteiger partial charge in [-0.25, -0.2) is 4.79 Å². The van der Waals surface area contributed by atoms with Gasteiger partial charge in [0.2, 0.25) is 0 Å². The van der Waals surface area contributed by atoms with Gasteiger partial charge in [-0.05, 0) is 62.4 Å². The minimum atomic E-state index is -0.266. The van der Waals surface area contributed by atoms with Crippen molar-refractivity contribution in [3.63, 3.8) is 0 Å². The maximum Gasteiger partial charge on any atom is 0.319 e. The van der Waals surface area contributed by atoms with Crippen LogP contribution >= 0.6 is 11.6 Å². The molecule has 0 fully saturated rings. The maximum atomic E-state index is 12.1. The van der Waals surface area contributed by atoms with Gasteiger partial charge in [-0.3, -0.25) is 4.79 Å². The van der Waals surface area contributed by atoms with Crippen LogP contribution in [0.5, 0.6) is 0 Å². The Morgan fingerprint density at radius 1 is 0.870 bits per heavy atom. The molecule has 0 bridgehead atoms. The van der Waals surface area contributed by atoms with Crippen LogP contribution in [0.1, 0.15) is 24.2 Å². The third-order valence-electron chi connectivity index (χ3n) is 2.93. The van der Waals surface area contributed by atoms with Gasteiger partial charge >= 0.3 is 6.03 Å². The molecule has 3 amide bonds. The number of hydrogen-bond donors (Lipinski definition) is 3. The molecule has 3 N–H and O–H groups in total. The fourth-order valence-electron chi connectivity index (χ4n) is 1.87. The van der Waals surface area contributed by atoms with Crippen LogP contribution < -0.4 is 16.0 Å². The zero-order valence-corrected chi connectivity index (χ0v) is 13.6. The molecule has 6 heteroatoms. The highest BCUT2D eigenvalue weighted by Crippen LogP contribution is 2.15. The molecule has 0 spiro atoms. The normalized spacial score (nSPS) is 10.3. The van der Waals surface area contributed by atoms with E-state index in [1.54, 1.807) is 48.5 Å². The second-order valence-electron chi connectivity index (χ2n) is 5.29. The summed E-state index contributed by atoms with van der Waals surface area (Å²) in [5, 5.41) is 8.81. The van der Waals surface area contributed by atoms with Gasteiger partial charge in [0.25, 0.3) is 5.91 Å². The van der Waals surface area contributed by atoms with Gasteiger partial charge in [0.05, 0.1) is 0 Å². The Kier molecular flexibility index (Phi) is 5.60. The molecule has 2 rings (SSSR count). The fraction of sp³-hybridized carbons (Fsp3) is 0.176. The van der Waals surface area contributed by atoms with E-state index in [9.17, 15) is 9.59 Å². The molecule has 0 radical (unpaired) electrons. The molecular formula is C17H18ClN3O2. The van der Waals surface area contributed by atoms with Crippen molar-refractivity contribution in [3.8, 4) is 0 Å². The van der Waals surface area contributed by atoms with Crippen molar-refractivity contribution in [2.75, 3.05) is 10.6 Å². The number of carbonyl (C=O) groups excluding carboxylic acids is 2. The zero-order chi connectivity index (χ0) is 16.8. The molecule has 0 saturated heterocycles. The number of benzene rings is 2. The summed E-state index contributed by atoms with van der Waals surface area (Å²) < 4.78 is 0. The first-order chi connectivity index (χ1) is 10.9. The fourth-order valence-corrected chi connectivity index (χ4v) is 2.00. The summed E-state index contributed by atoms with van der Waals surface area (Å²) in [6, 6.07) is 13.3. The van der Waals surface area contributed by atoms with Gasteiger partial charge in [-0.15, -0.1) is 0 Å². The topological polar surface area (TPSA) is 70.2 Å². The smallest absolute Gasteiger partial charge is 0.319 e. The number of urea groups is 1. The molecule has 0 unspecified atom stereocenters. The Hall–Kier alpha value is -2.53. The van der Waals surface area contributed by atoms with Crippen molar-refractivity contribution < 1.29 is 9.59 Å². The number of amides is 3. The van der Waals surface area contributed by atoms with Crippen LogP contribution in [0.3, 0.4) is 0 Å². The van der Waals surface area contributed by atoms with Crippen molar-refractivity contribution in [3.05, 3.63) is 59.1 Å². The Balaban J connectivity index is 1.95. The van der Waals surface area contributed by atoms with E-state index in [1.165, 1.54) is 0 Å². The quantitative estimate of drug-likeness (QED) is 0.788. The molecule has 0 aliphatic carbocycles. The summed E-state index contributed by atoms with van der Waals surface area (Å²) in [4.78, 5) is 23.7. The first kappa shape index (κ1) is 16.8. The Bertz CT molecular complexity index is 682. The molecule has 0 aliphatic heterocycles. The van der Waals surface area contributed by atoms with E-state index < -0.39 is 0 Å². The van der Waals surface area contributed by atoms with Gasteiger partial charge in [0.1, 0.15) is 0 Å². The summed E-state index contributed by atoms with van der Waals surface area (Å²) in [6.45, 7) is 3.77. The molecule has 0 aliphatic rings. The van der Waals surface area contributed by atoms with Gasteiger partial charge in [0, 0.05) is 28.0 Å². The lowest BCUT2D eigenvalue weighted by Crippen LogP contribution is -2.34. The maximum absolute atomic E-state index is 12.1. The van der Waals surface area contributed by atoms with Gasteiger partial charge in [0.15, 0.2) is 0 Å². The van der Waals surface area contributed by atoms with E-state index in [1.807, 2.05) is 13.8 Å². The average Bonchev–Trinajstić information content (AvgIpc) is 2.49. The third kappa shape index (κ3) is 5.30. The molecule has 0 saturated carbocycles. The summed E-state index contributed by atoms with van der Waals surface area (Å²) in [6.07, 6.45) is 0. The average molecular weight is 332 g/mol. The van der Waals surface area contributed by atoms with Crippen LogP contribution in [0, 0.1) is 0 Å². The monoisotopic (exact) mass is 331 g/mol. The van der Waals surface area contributed by atoms with Crippen LogP contribution in [0.2, 0.25) is 5.02 Å². The van der Waals surface area contributed by atoms with Crippen molar-refractivity contribution in [1.82, 2.24) is 5.32 Å². The lowest BCUT2D eigenvalue weighted by molar-refractivity contribution is 0.102. The molecule has 120 valence electrons. The molecule has 0 atom stereocenters. The molecule has 2 aromatic carbocycles. The summed E-state index contributed by atoms with van der Waals surface area (Å²) in [5.41, 5.74) is 1.81. The van der Waals surface area contributed by atoms with E-state index in [4.69, 9.17) is 11.6 Å². The van der Waals surface area contributed by atoms with E-state index in [0.29, 0.717) is 22.0 Å². The van der Waals surface area contributed by atoms with Gasteiger partial charge in [-0.2, -0.15) is 0 Å². The number of carbonyl (C=O) groups is 2. The van der Waals surface area contributed by atoms with Crippen molar-refractivity contribution >= 4 is 34.9 Å². The number of nitrogens with one attached hydrogen (secondary N) is 3. The minimum absolute atomic E-state index is 0.0629. The highest BCUT2D eigenvalue weighted by atomic mass is 35.5. The molecule has 0 heterocycles. The molecule has 23 heavy (non-hydrogen) atoms. The minimum Gasteiger partial charge on any atom is -0.336 e. The van der Waals surface area contributed by atoms with E-state index >= 15 is 0 Å². The van der Waals surface area contributed by atoms with Gasteiger partial charge in [-0.1, -0.05) is 11.6 Å². The second kappa shape index (κ2) is 7.65. The summed E-state index contributed by atoms with van der Waals surface area (Å²) in [5.74, 6) is -0.222. The third-order valence-corrected chi connectivity index (χ3v) is 3.18. The molecular weight excluding hydrogens is 314 g/mol. The number of anilines is 2. The van der Waals surface area contributed by atoms with Crippen molar-refractivity contribution in [2.24, 2.45) is 0 Å². The van der Waals surface area contributed by atoms with E-state index in [2.05, 4.69) is 16.0 Å². The van der Waals surface area contributed by atoms with Crippen molar-refractivity contribution in [1.29, 1.82) is 0 Å². The molecule has 5 nitrogen and oxygen atoms in total. The van der Waals surface area contributed by atoms with Gasteiger partial charge < -0.3 is 16.0 Å². The highest BCUT2D eigenvalue weighted by Gasteiger charge is 2.07. The Morgan fingerprint density at radius 3 is 1.91 bits per heavy atom. The molecule has 2 aromatic rings. The summed E-state index contributed by atoms with van der Waals surface area (Å²) >= 11 is 5.80. The van der Waals surface area contributed by atoms with Crippen LogP contribution in [-0.2, 0) is 0 Å². The predicted molar refractivity (Wildman–Crippen MR) is 93.1 cm³/mol. The largest absolute Gasteiger partial charge is 0.336 e. The first-order valence-electron chi connectivity index (χ1n) is 7.18. The molecule has 0 aromatic heterocycles. The van der Waals surface area contributed by atoms with E-state index in [-0.39, 0.29) is 18.0 Å². The van der Waals surface area contributed by atoms with Crippen molar-refractivity contribution in [2.45, 2.75) is 19.9 Å². The first-order valence-corrected chi connectivity index (χ1v) is 7.56. The lowest BCUT2D eigenvalue weighted by atomic mass is 10.2. The Labute approximate surface area is 140 Å². The lowest BCUT2D eigenvalue weighted by Gasteiger charge is -2.11. The van der Waals surface area contributed by atoms with Crippen LogP contribution in [0.15, 0.2) is 48.5 Å². The number of rotatable bonds is 4. The second-order valence-corrected chi connectivity index (χ2v) is 5.73. The Morgan fingerprint density at radius 2 is 1.39 bits per heavy atom. The SMILES string of the molecule is CC(C)NC(=O)Nc1ccc(NC(=O)c2ccc(Cl)cc2)cc1. The van der Waals surface area contributed by atoms with Crippen LogP contribution in [0.25, 0.3) is 0 Å². The predicted octanol–water partition coefficient (Wildman–Crippen LogP) is 4.12. The van der Waals surface area contributed by atoms with E-state index in [0.717, 1.165) is 0 Å². The highest BCUT2D eigenvalue weighted by molar-refractivity contribution is 6.30. The summed E-state index contributed by atoms with van der Waals surface area (Å²) in [7, 11) is 0.